The van der Waals surface area contributed by atoms with Crippen LogP contribution in [0.4, 0.5) is 11.6 Å². The Labute approximate surface area is 123 Å². The lowest BCUT2D eigenvalue weighted by molar-refractivity contribution is -0.116. The van der Waals surface area contributed by atoms with Crippen LogP contribution in [0, 0.1) is 0 Å². The Hall–Kier alpha value is -1.20. The van der Waals surface area contributed by atoms with E-state index in [1.54, 1.807) is 11.0 Å². The molecule has 0 atom stereocenters. The molecule has 106 valence electrons. The minimum absolute atomic E-state index is 0.0675. The van der Waals surface area contributed by atoms with Crippen LogP contribution in [0.1, 0.15) is 20.3 Å². The van der Waals surface area contributed by atoms with Crippen LogP contribution >= 0.6 is 23.2 Å². The number of halogens is 2. The maximum Gasteiger partial charge on any atom is 0.236 e. The van der Waals surface area contributed by atoms with Crippen molar-refractivity contribution in [1.29, 1.82) is 0 Å². The Morgan fingerprint density at radius 1 is 1.42 bits per heavy atom. The van der Waals surface area contributed by atoms with Crippen LogP contribution in [0.5, 0.6) is 0 Å². The Morgan fingerprint density at radius 2 is 2.11 bits per heavy atom. The molecule has 0 saturated heterocycles. The van der Waals surface area contributed by atoms with E-state index in [1.807, 2.05) is 13.8 Å². The van der Waals surface area contributed by atoms with E-state index in [1.165, 1.54) is 0 Å². The normalized spacial score (nSPS) is 10.3. The molecule has 19 heavy (non-hydrogen) atoms. The van der Waals surface area contributed by atoms with Crippen LogP contribution in [0.2, 0.25) is 10.0 Å². The molecule has 0 fully saturated rings. The fraction of sp³-hybridized carbons (Fsp3) is 0.500. The lowest BCUT2D eigenvalue weighted by Crippen LogP contribution is -2.34. The van der Waals surface area contributed by atoms with Gasteiger partial charge in [-0.2, -0.15) is 0 Å². The maximum atomic E-state index is 11.0. The van der Waals surface area contributed by atoms with Gasteiger partial charge in [0.25, 0.3) is 0 Å². The number of likely N-dealkylation sites (N-methyl/N-ethyl adjacent to an activating group) is 1. The fourth-order valence-corrected chi connectivity index (χ4v) is 2.12. The van der Waals surface area contributed by atoms with E-state index in [4.69, 9.17) is 28.9 Å². The number of pyridine rings is 1. The maximum absolute atomic E-state index is 11.0. The van der Waals surface area contributed by atoms with Crippen molar-refractivity contribution in [2.75, 3.05) is 29.9 Å². The van der Waals surface area contributed by atoms with Crippen LogP contribution in [0.3, 0.4) is 0 Å². The van der Waals surface area contributed by atoms with Gasteiger partial charge in [0.2, 0.25) is 5.91 Å². The van der Waals surface area contributed by atoms with E-state index in [-0.39, 0.29) is 6.54 Å². The predicted molar refractivity (Wildman–Crippen MR) is 80.1 cm³/mol. The number of nitrogens with one attached hydrogen (secondary N) is 1. The van der Waals surface area contributed by atoms with Gasteiger partial charge in [-0.25, -0.2) is 4.98 Å². The first kappa shape index (κ1) is 15.9. The number of hydrogen-bond donors (Lipinski definition) is 2. The third-order valence-corrected chi connectivity index (χ3v) is 3.05. The van der Waals surface area contributed by atoms with Crippen molar-refractivity contribution in [3.63, 3.8) is 0 Å². The SMILES string of the molecule is CCCNc1nc(N(CC)CC(N)=O)c(Cl)cc1Cl. The number of primary amides is 1. The van der Waals surface area contributed by atoms with Gasteiger partial charge in [0.1, 0.15) is 11.6 Å². The first-order valence-corrected chi connectivity index (χ1v) is 6.88. The summed E-state index contributed by atoms with van der Waals surface area (Å²) in [6.45, 7) is 5.34. The summed E-state index contributed by atoms with van der Waals surface area (Å²) < 4.78 is 0. The number of nitrogens with two attached hydrogens (primary N) is 1. The van der Waals surface area contributed by atoms with Crippen LogP contribution in [-0.4, -0.2) is 30.5 Å². The van der Waals surface area contributed by atoms with Crippen molar-refractivity contribution >= 4 is 40.7 Å². The highest BCUT2D eigenvalue weighted by Gasteiger charge is 2.16. The van der Waals surface area contributed by atoms with Gasteiger partial charge in [0.15, 0.2) is 0 Å². The third kappa shape index (κ3) is 4.44. The Bertz CT molecular complexity index is 454. The van der Waals surface area contributed by atoms with Crippen molar-refractivity contribution in [2.24, 2.45) is 5.73 Å². The van der Waals surface area contributed by atoms with Crippen molar-refractivity contribution in [2.45, 2.75) is 20.3 Å². The van der Waals surface area contributed by atoms with Crippen LogP contribution < -0.4 is 16.0 Å². The van der Waals surface area contributed by atoms with Gasteiger partial charge in [0.05, 0.1) is 16.6 Å². The fourth-order valence-electron chi connectivity index (χ4n) is 1.57. The molecular weight excluding hydrogens is 287 g/mol. The smallest absolute Gasteiger partial charge is 0.236 e. The van der Waals surface area contributed by atoms with Gasteiger partial charge in [-0.15, -0.1) is 0 Å². The topological polar surface area (TPSA) is 71.2 Å². The van der Waals surface area contributed by atoms with E-state index >= 15 is 0 Å². The van der Waals surface area contributed by atoms with Gasteiger partial charge < -0.3 is 16.0 Å². The molecule has 1 heterocycles. The third-order valence-electron chi connectivity index (χ3n) is 2.48. The van der Waals surface area contributed by atoms with Crippen molar-refractivity contribution < 1.29 is 4.79 Å². The van der Waals surface area contributed by atoms with Gasteiger partial charge >= 0.3 is 0 Å². The first-order chi connectivity index (χ1) is 8.99. The average molecular weight is 305 g/mol. The summed E-state index contributed by atoms with van der Waals surface area (Å²) in [4.78, 5) is 17.1. The molecule has 1 aromatic heterocycles. The summed E-state index contributed by atoms with van der Waals surface area (Å²) in [5.74, 6) is 0.634. The summed E-state index contributed by atoms with van der Waals surface area (Å²) >= 11 is 12.2. The van der Waals surface area contributed by atoms with E-state index < -0.39 is 5.91 Å². The summed E-state index contributed by atoms with van der Waals surface area (Å²) in [6.07, 6.45) is 0.953. The number of carbonyl (C=O) groups excluding carboxylic acids is 1. The van der Waals surface area contributed by atoms with Crippen molar-refractivity contribution in [3.8, 4) is 0 Å². The van der Waals surface area contributed by atoms with Crippen LogP contribution in [0.15, 0.2) is 6.07 Å². The number of nitrogens with zero attached hydrogens (tertiary/aromatic N) is 2. The highest BCUT2D eigenvalue weighted by atomic mass is 35.5. The molecule has 3 N–H and O–H groups in total. The lowest BCUT2D eigenvalue weighted by Gasteiger charge is -2.22. The number of rotatable bonds is 7. The molecule has 0 bridgehead atoms. The first-order valence-electron chi connectivity index (χ1n) is 6.12. The molecule has 1 rings (SSSR count). The molecule has 1 aromatic rings. The van der Waals surface area contributed by atoms with Crippen molar-refractivity contribution in [1.82, 2.24) is 4.98 Å². The molecule has 0 aliphatic carbocycles. The highest BCUT2D eigenvalue weighted by Crippen LogP contribution is 2.31. The summed E-state index contributed by atoms with van der Waals surface area (Å²) in [5, 5.41) is 3.97. The van der Waals surface area contributed by atoms with Gasteiger partial charge in [-0.3, -0.25) is 4.79 Å². The number of aromatic nitrogens is 1. The van der Waals surface area contributed by atoms with E-state index in [9.17, 15) is 4.79 Å². The monoisotopic (exact) mass is 304 g/mol. The molecule has 7 heteroatoms. The minimum Gasteiger partial charge on any atom is -0.369 e. The largest absolute Gasteiger partial charge is 0.369 e. The lowest BCUT2D eigenvalue weighted by atomic mass is 10.3. The van der Waals surface area contributed by atoms with Crippen LogP contribution in [0.25, 0.3) is 0 Å². The molecule has 0 unspecified atom stereocenters. The Kier molecular flexibility index (Phi) is 6.18. The van der Waals surface area contributed by atoms with E-state index in [0.717, 1.165) is 13.0 Å². The van der Waals surface area contributed by atoms with Crippen molar-refractivity contribution in [3.05, 3.63) is 16.1 Å². The Morgan fingerprint density at radius 3 is 2.63 bits per heavy atom. The van der Waals surface area contributed by atoms with E-state index in [0.29, 0.717) is 28.2 Å². The molecule has 0 aromatic carbocycles. The second kappa shape index (κ2) is 7.40. The molecule has 0 radical (unpaired) electrons. The average Bonchev–Trinajstić information content (AvgIpc) is 2.35. The predicted octanol–water partition coefficient (Wildman–Crippen LogP) is 2.52. The number of hydrogen-bond acceptors (Lipinski definition) is 4. The van der Waals surface area contributed by atoms with Gasteiger partial charge in [-0.05, 0) is 19.4 Å². The minimum atomic E-state index is -0.433. The molecule has 5 nitrogen and oxygen atoms in total. The second-order valence-corrected chi connectivity index (χ2v) is 4.85. The summed E-state index contributed by atoms with van der Waals surface area (Å²) in [7, 11) is 0. The zero-order valence-corrected chi connectivity index (χ0v) is 12.6. The van der Waals surface area contributed by atoms with Gasteiger partial charge in [-0.1, -0.05) is 30.1 Å². The molecule has 1 amide bonds. The highest BCUT2D eigenvalue weighted by molar-refractivity contribution is 6.37. The molecule has 0 aliphatic heterocycles. The van der Waals surface area contributed by atoms with Gasteiger partial charge in [0, 0.05) is 13.1 Å². The van der Waals surface area contributed by atoms with E-state index in [2.05, 4.69) is 10.3 Å². The summed E-state index contributed by atoms with van der Waals surface area (Å²) in [6, 6.07) is 1.62. The zero-order chi connectivity index (χ0) is 14.4. The molecular formula is C12H18Cl2N4O. The molecule has 0 spiro atoms. The quantitative estimate of drug-likeness (QED) is 0.812. The standard InChI is InChI=1S/C12H18Cl2N4O/c1-3-5-16-11-8(13)6-9(14)12(17-11)18(4-2)7-10(15)19/h6H,3-5,7H2,1-2H3,(H2,15,19)(H,16,17). The summed E-state index contributed by atoms with van der Waals surface area (Å²) in [5.41, 5.74) is 5.21. The molecule has 0 aliphatic rings. The number of amides is 1. The zero-order valence-electron chi connectivity index (χ0n) is 11.0. The van der Waals surface area contributed by atoms with Crippen LogP contribution in [-0.2, 0) is 4.79 Å². The number of anilines is 2. The number of carbonyl (C=O) groups is 1. The molecule has 0 saturated carbocycles. The Balaban J connectivity index is 3.07. The second-order valence-electron chi connectivity index (χ2n) is 4.03.